The summed E-state index contributed by atoms with van der Waals surface area (Å²) in [6, 6.07) is 3.91. The van der Waals surface area contributed by atoms with Crippen molar-refractivity contribution < 1.29 is 28.2 Å². The van der Waals surface area contributed by atoms with E-state index < -0.39 is 16.0 Å². The van der Waals surface area contributed by atoms with Gasteiger partial charge >= 0.3 is 5.97 Å². The van der Waals surface area contributed by atoms with Gasteiger partial charge < -0.3 is 14.9 Å². The predicted molar refractivity (Wildman–Crippen MR) is 71.2 cm³/mol. The van der Waals surface area contributed by atoms with Crippen molar-refractivity contribution >= 4 is 16.0 Å². The Morgan fingerprint density at radius 3 is 2.65 bits per heavy atom. The average molecular weight is 303 g/mol. The van der Waals surface area contributed by atoms with E-state index in [-0.39, 0.29) is 36.8 Å². The molecule has 1 aromatic carbocycles. The first-order chi connectivity index (χ1) is 9.38. The van der Waals surface area contributed by atoms with E-state index in [0.29, 0.717) is 5.56 Å². The molecule has 0 saturated carbocycles. The second-order valence-electron chi connectivity index (χ2n) is 4.02. The second-order valence-corrected chi connectivity index (χ2v) is 5.75. The van der Waals surface area contributed by atoms with Gasteiger partial charge in [0.2, 0.25) is 10.0 Å². The van der Waals surface area contributed by atoms with Gasteiger partial charge in [-0.1, -0.05) is 6.07 Å². The Morgan fingerprint density at radius 2 is 2.05 bits per heavy atom. The van der Waals surface area contributed by atoms with E-state index in [1.54, 1.807) is 6.92 Å². The zero-order chi connectivity index (χ0) is 15.2. The van der Waals surface area contributed by atoms with E-state index in [1.165, 1.54) is 12.1 Å². The Labute approximate surface area is 117 Å². The molecule has 0 aliphatic carbocycles. The number of aryl methyl sites for hydroxylation is 1. The van der Waals surface area contributed by atoms with E-state index in [0.717, 1.165) is 6.07 Å². The minimum absolute atomic E-state index is 0.0407. The normalized spacial score (nSPS) is 11.5. The van der Waals surface area contributed by atoms with Gasteiger partial charge in [0.1, 0.15) is 0 Å². The zero-order valence-corrected chi connectivity index (χ0v) is 11.8. The number of hydrogen-bond acceptors (Lipinski definition) is 5. The van der Waals surface area contributed by atoms with Crippen molar-refractivity contribution in [2.45, 2.75) is 11.8 Å². The molecule has 0 unspecified atom stereocenters. The van der Waals surface area contributed by atoms with Gasteiger partial charge in [-0.25, -0.2) is 17.9 Å². The topological polar surface area (TPSA) is 113 Å². The number of carboxylic acids is 1. The van der Waals surface area contributed by atoms with Crippen molar-refractivity contribution in [3.63, 3.8) is 0 Å². The minimum atomic E-state index is -3.79. The zero-order valence-electron chi connectivity index (χ0n) is 11.0. The molecule has 0 aliphatic heterocycles. The van der Waals surface area contributed by atoms with Crippen LogP contribution in [0.2, 0.25) is 0 Å². The predicted octanol–water partition coefficient (Wildman–Crippen LogP) is -0.0196. The van der Waals surface area contributed by atoms with Crippen LogP contribution in [0, 0.1) is 6.92 Å². The molecule has 20 heavy (non-hydrogen) atoms. The molecule has 0 atom stereocenters. The van der Waals surface area contributed by atoms with Gasteiger partial charge in [0.05, 0.1) is 30.3 Å². The number of aliphatic hydroxyl groups is 1. The molecule has 0 bridgehead atoms. The maximum Gasteiger partial charge on any atom is 0.335 e. The van der Waals surface area contributed by atoms with E-state index in [4.69, 9.17) is 14.9 Å². The summed E-state index contributed by atoms with van der Waals surface area (Å²) in [4.78, 5) is 10.8. The summed E-state index contributed by atoms with van der Waals surface area (Å²) in [5.74, 6) is -1.19. The third kappa shape index (κ3) is 4.57. The quantitative estimate of drug-likeness (QED) is 0.582. The van der Waals surface area contributed by atoms with Gasteiger partial charge in [-0.2, -0.15) is 0 Å². The summed E-state index contributed by atoms with van der Waals surface area (Å²) >= 11 is 0. The fraction of sp³-hybridized carbons (Fsp3) is 0.417. The van der Waals surface area contributed by atoms with Gasteiger partial charge in [-0.3, -0.25) is 0 Å². The van der Waals surface area contributed by atoms with Crippen molar-refractivity contribution in [3.8, 4) is 0 Å². The number of carboxylic acid groups (broad SMARTS) is 1. The van der Waals surface area contributed by atoms with Crippen LogP contribution in [0.1, 0.15) is 15.9 Å². The maximum absolute atomic E-state index is 12.1. The van der Waals surface area contributed by atoms with E-state index in [2.05, 4.69) is 4.72 Å². The Morgan fingerprint density at radius 1 is 1.35 bits per heavy atom. The molecule has 3 N–H and O–H groups in total. The summed E-state index contributed by atoms with van der Waals surface area (Å²) in [6.45, 7) is 1.75. The summed E-state index contributed by atoms with van der Waals surface area (Å²) in [6.07, 6.45) is 0. The SMILES string of the molecule is Cc1ccc(C(=O)O)cc1S(=O)(=O)NCCOCCO. The van der Waals surface area contributed by atoms with Crippen LogP contribution in [-0.4, -0.2) is 51.0 Å². The van der Waals surface area contributed by atoms with Crippen LogP contribution in [0.5, 0.6) is 0 Å². The Hall–Kier alpha value is -1.48. The van der Waals surface area contributed by atoms with Crippen molar-refractivity contribution in [2.24, 2.45) is 0 Å². The van der Waals surface area contributed by atoms with Gasteiger partial charge in [0.15, 0.2) is 0 Å². The molecule has 0 heterocycles. The molecule has 8 heteroatoms. The van der Waals surface area contributed by atoms with Gasteiger partial charge in [-0.05, 0) is 24.6 Å². The highest BCUT2D eigenvalue weighted by molar-refractivity contribution is 7.89. The number of benzene rings is 1. The average Bonchev–Trinajstić information content (AvgIpc) is 2.38. The number of nitrogens with one attached hydrogen (secondary N) is 1. The second kappa shape index (κ2) is 7.34. The molecule has 0 radical (unpaired) electrons. The molecule has 1 aromatic rings. The molecule has 112 valence electrons. The minimum Gasteiger partial charge on any atom is -0.478 e. The molecule has 0 saturated heterocycles. The molecular weight excluding hydrogens is 286 g/mol. The number of aliphatic hydroxyl groups excluding tert-OH is 1. The number of aromatic carboxylic acids is 1. The monoisotopic (exact) mass is 303 g/mol. The number of ether oxygens (including phenoxy) is 1. The van der Waals surface area contributed by atoms with E-state index >= 15 is 0 Å². The number of hydrogen-bond donors (Lipinski definition) is 3. The first-order valence-corrected chi connectivity index (χ1v) is 7.39. The van der Waals surface area contributed by atoms with E-state index in [9.17, 15) is 13.2 Å². The standard InChI is InChI=1S/C12H17NO6S/c1-9-2-3-10(12(15)16)8-11(9)20(17,18)13-4-6-19-7-5-14/h2-3,8,13-14H,4-7H2,1H3,(H,15,16). The van der Waals surface area contributed by atoms with Crippen LogP contribution in [0.15, 0.2) is 23.1 Å². The Bertz CT molecular complexity index is 569. The number of sulfonamides is 1. The highest BCUT2D eigenvalue weighted by Gasteiger charge is 2.18. The van der Waals surface area contributed by atoms with Crippen LogP contribution < -0.4 is 4.72 Å². The first kappa shape index (κ1) is 16.6. The van der Waals surface area contributed by atoms with Crippen LogP contribution in [0.4, 0.5) is 0 Å². The summed E-state index contributed by atoms with van der Waals surface area (Å²) < 4.78 is 31.4. The molecule has 0 amide bonds. The largest absolute Gasteiger partial charge is 0.478 e. The van der Waals surface area contributed by atoms with Gasteiger partial charge in [0, 0.05) is 6.54 Å². The molecule has 7 nitrogen and oxygen atoms in total. The lowest BCUT2D eigenvalue weighted by Crippen LogP contribution is -2.28. The maximum atomic E-state index is 12.1. The highest BCUT2D eigenvalue weighted by Crippen LogP contribution is 2.16. The summed E-state index contributed by atoms with van der Waals surface area (Å²) in [5.41, 5.74) is 0.367. The van der Waals surface area contributed by atoms with Gasteiger partial charge in [0.25, 0.3) is 0 Å². The van der Waals surface area contributed by atoms with Crippen molar-refractivity contribution in [3.05, 3.63) is 29.3 Å². The third-order valence-corrected chi connectivity index (χ3v) is 4.10. The molecule has 0 aliphatic rings. The molecule has 1 rings (SSSR count). The lowest BCUT2D eigenvalue weighted by Gasteiger charge is -2.10. The lowest BCUT2D eigenvalue weighted by atomic mass is 10.1. The van der Waals surface area contributed by atoms with Crippen LogP contribution in [0.3, 0.4) is 0 Å². The molecule has 0 fully saturated rings. The lowest BCUT2D eigenvalue weighted by molar-refractivity contribution is 0.0696. The Kier molecular flexibility index (Phi) is 6.08. The third-order valence-electron chi connectivity index (χ3n) is 2.50. The van der Waals surface area contributed by atoms with Crippen LogP contribution in [-0.2, 0) is 14.8 Å². The fourth-order valence-corrected chi connectivity index (χ4v) is 2.80. The summed E-state index contributed by atoms with van der Waals surface area (Å²) in [7, 11) is -3.79. The smallest absolute Gasteiger partial charge is 0.335 e. The van der Waals surface area contributed by atoms with Gasteiger partial charge in [-0.15, -0.1) is 0 Å². The van der Waals surface area contributed by atoms with Crippen molar-refractivity contribution in [2.75, 3.05) is 26.4 Å². The van der Waals surface area contributed by atoms with E-state index in [1.807, 2.05) is 0 Å². The Balaban J connectivity index is 2.81. The molecular formula is C12H17NO6S. The number of rotatable bonds is 8. The van der Waals surface area contributed by atoms with Crippen molar-refractivity contribution in [1.29, 1.82) is 0 Å². The summed E-state index contributed by atoms with van der Waals surface area (Å²) in [5, 5.41) is 17.4. The first-order valence-electron chi connectivity index (χ1n) is 5.90. The highest BCUT2D eigenvalue weighted by atomic mass is 32.2. The number of carbonyl (C=O) groups is 1. The van der Waals surface area contributed by atoms with Crippen LogP contribution >= 0.6 is 0 Å². The molecule has 0 aromatic heterocycles. The van der Waals surface area contributed by atoms with Crippen LogP contribution in [0.25, 0.3) is 0 Å². The van der Waals surface area contributed by atoms with Crippen molar-refractivity contribution in [1.82, 2.24) is 4.72 Å². The molecule has 0 spiro atoms. The fourth-order valence-electron chi connectivity index (χ4n) is 1.52.